The number of benzene rings is 2. The molecular weight excluding hydrogens is 697 g/mol. The lowest BCUT2D eigenvalue weighted by atomic mass is 10.1. The first kappa shape index (κ1) is 37.8. The summed E-state index contributed by atoms with van der Waals surface area (Å²) in [6.45, 7) is 9.19. The van der Waals surface area contributed by atoms with Crippen LogP contribution in [0, 0.1) is 0 Å². The van der Waals surface area contributed by atoms with E-state index in [1.165, 1.54) is 18.3 Å². The van der Waals surface area contributed by atoms with E-state index < -0.39 is 0 Å². The van der Waals surface area contributed by atoms with Crippen LogP contribution < -0.4 is 9.47 Å². The van der Waals surface area contributed by atoms with Crippen LogP contribution in [0.5, 0.6) is 11.5 Å². The highest BCUT2D eigenvalue weighted by molar-refractivity contribution is 8.33. The Morgan fingerprint density at radius 2 is 0.708 bits per heavy atom. The maximum Gasteiger partial charge on any atom is 0.127 e. The van der Waals surface area contributed by atoms with Crippen molar-refractivity contribution in [1.29, 1.82) is 0 Å². The van der Waals surface area contributed by atoms with Gasteiger partial charge in [0.15, 0.2) is 0 Å². The van der Waals surface area contributed by atoms with Crippen molar-refractivity contribution in [2.45, 2.75) is 0 Å². The predicted molar refractivity (Wildman–Crippen MR) is 195 cm³/mol. The van der Waals surface area contributed by atoms with Gasteiger partial charge in [0, 0.05) is 20.6 Å². The highest BCUT2D eigenvalue weighted by Gasteiger charge is 2.22. The molecular formula is C34H44O10S4. The third kappa shape index (κ3) is 13.7. The fourth-order valence-corrected chi connectivity index (χ4v) is 9.27. The lowest BCUT2D eigenvalue weighted by molar-refractivity contribution is -0.00234. The molecule has 3 heterocycles. The van der Waals surface area contributed by atoms with Gasteiger partial charge in [0.25, 0.3) is 0 Å². The van der Waals surface area contributed by atoms with E-state index in [2.05, 4.69) is 10.8 Å². The number of hydrogen-bond acceptors (Lipinski definition) is 14. The van der Waals surface area contributed by atoms with Gasteiger partial charge in [-0.2, -0.15) is 0 Å². The van der Waals surface area contributed by atoms with Gasteiger partial charge in [-0.3, -0.25) is 0 Å². The molecule has 0 aromatic heterocycles. The van der Waals surface area contributed by atoms with Gasteiger partial charge < -0.3 is 47.4 Å². The van der Waals surface area contributed by atoms with Crippen molar-refractivity contribution in [3.63, 3.8) is 0 Å². The van der Waals surface area contributed by atoms with E-state index in [0.717, 1.165) is 22.3 Å². The number of thioether (sulfide) groups is 4. The summed E-state index contributed by atoms with van der Waals surface area (Å²) in [5.74, 6) is 1.58. The van der Waals surface area contributed by atoms with E-state index >= 15 is 0 Å². The van der Waals surface area contributed by atoms with Gasteiger partial charge in [-0.1, -0.05) is 71.3 Å². The van der Waals surface area contributed by atoms with E-state index in [0.29, 0.717) is 119 Å². The zero-order valence-electron chi connectivity index (χ0n) is 27.1. The Balaban J connectivity index is 1.01. The van der Waals surface area contributed by atoms with E-state index in [1.54, 1.807) is 47.0 Å². The Kier molecular flexibility index (Phi) is 18.2. The van der Waals surface area contributed by atoms with E-state index in [9.17, 15) is 0 Å². The Labute approximate surface area is 299 Å². The minimum atomic E-state index is 0.437. The maximum atomic E-state index is 6.03. The van der Waals surface area contributed by atoms with Crippen molar-refractivity contribution in [2.24, 2.45) is 0 Å². The van der Waals surface area contributed by atoms with Gasteiger partial charge in [0.2, 0.25) is 0 Å². The smallest absolute Gasteiger partial charge is 0.127 e. The van der Waals surface area contributed by atoms with Crippen molar-refractivity contribution < 1.29 is 47.4 Å². The SMILES string of the molecule is C1=C2COCCOCCOCCOCCOc3cccc4c(cccc34)OCCOCCOCCOCCOCC3=CS/C(=C(/S1)S2)S3. The van der Waals surface area contributed by atoms with Gasteiger partial charge in [0.1, 0.15) is 24.7 Å². The first-order valence-corrected chi connectivity index (χ1v) is 19.5. The lowest BCUT2D eigenvalue weighted by Gasteiger charge is -2.13. The summed E-state index contributed by atoms with van der Waals surface area (Å²) >= 11 is 7.07. The zero-order chi connectivity index (χ0) is 32.9. The summed E-state index contributed by atoms with van der Waals surface area (Å²) in [6.07, 6.45) is 0. The summed E-state index contributed by atoms with van der Waals surface area (Å²) in [5.41, 5.74) is 0. The largest absolute Gasteiger partial charge is 0.491 e. The molecule has 8 bridgehead atoms. The minimum absolute atomic E-state index is 0.437. The molecule has 264 valence electrons. The molecule has 0 aliphatic carbocycles. The molecule has 3 aliphatic heterocycles. The van der Waals surface area contributed by atoms with Gasteiger partial charge in [-0.25, -0.2) is 0 Å². The summed E-state index contributed by atoms with van der Waals surface area (Å²) in [4.78, 5) is 2.43. The summed E-state index contributed by atoms with van der Waals surface area (Å²) in [7, 11) is 0. The van der Waals surface area contributed by atoms with Crippen LogP contribution in [-0.4, -0.2) is 119 Å². The van der Waals surface area contributed by atoms with Gasteiger partial charge >= 0.3 is 0 Å². The Bertz CT molecular complexity index is 1240. The molecule has 14 heteroatoms. The first-order valence-electron chi connectivity index (χ1n) is 16.1. The van der Waals surface area contributed by atoms with Crippen LogP contribution in [0.25, 0.3) is 10.8 Å². The zero-order valence-corrected chi connectivity index (χ0v) is 30.3. The Hall–Kier alpha value is -1.40. The normalized spacial score (nSPS) is 23.3. The molecule has 10 nitrogen and oxygen atoms in total. The second kappa shape index (κ2) is 23.1. The highest BCUT2D eigenvalue weighted by atomic mass is 32.2. The number of rotatable bonds is 0. The summed E-state index contributed by atoms with van der Waals surface area (Å²) in [6, 6.07) is 11.9. The molecule has 0 amide bonds. The summed E-state index contributed by atoms with van der Waals surface area (Å²) < 4.78 is 60.2. The molecule has 48 heavy (non-hydrogen) atoms. The molecule has 3 aliphatic rings. The molecule has 2 aromatic carbocycles. The van der Waals surface area contributed by atoms with Crippen LogP contribution >= 0.6 is 47.0 Å². The lowest BCUT2D eigenvalue weighted by Crippen LogP contribution is -2.14. The fraction of sp³-hybridized carbons (Fsp3) is 0.529. The maximum absolute atomic E-state index is 6.03. The number of hydrogen-bond donors (Lipinski definition) is 0. The molecule has 0 saturated heterocycles. The van der Waals surface area contributed by atoms with Crippen molar-refractivity contribution in [3.8, 4) is 11.5 Å². The van der Waals surface area contributed by atoms with Crippen LogP contribution in [-0.2, 0) is 37.9 Å². The van der Waals surface area contributed by atoms with Crippen molar-refractivity contribution in [1.82, 2.24) is 0 Å². The second-order valence-electron chi connectivity index (χ2n) is 10.3. The standard InChI is InChI=1S/C34H44O10S4/c1-3-29-30-4-2-6-32(29)44-22-20-40-14-12-36-8-10-38-16-18-42-24-28-26-46-34(48-28)33-45-25-27(47-33)23-41-17-15-37-9-7-35-11-13-39-19-21-43-31(30)5-1/h1-6,25-26H,7-24H2/b34-33+. The third-order valence-electron chi connectivity index (χ3n) is 6.74. The summed E-state index contributed by atoms with van der Waals surface area (Å²) in [5, 5.41) is 6.32. The molecule has 5 rings (SSSR count). The molecule has 0 fully saturated rings. The average molecular weight is 741 g/mol. The van der Waals surface area contributed by atoms with Crippen molar-refractivity contribution in [3.05, 3.63) is 65.5 Å². The molecule has 0 atom stereocenters. The number of fused-ring (bicyclic) bond motifs is 4. The monoisotopic (exact) mass is 740 g/mol. The fourth-order valence-electron chi connectivity index (χ4n) is 4.47. The van der Waals surface area contributed by atoms with Crippen molar-refractivity contribution in [2.75, 3.05) is 119 Å². The Morgan fingerprint density at radius 3 is 1.08 bits per heavy atom. The first-order chi connectivity index (χ1) is 23.9. The second-order valence-corrected chi connectivity index (χ2v) is 14.8. The third-order valence-corrected chi connectivity index (χ3v) is 12.1. The molecule has 2 aromatic rings. The molecule has 0 spiro atoms. The average Bonchev–Trinajstić information content (AvgIpc) is 3.78. The van der Waals surface area contributed by atoms with Crippen LogP contribution in [0.2, 0.25) is 0 Å². The Morgan fingerprint density at radius 1 is 0.375 bits per heavy atom. The molecule has 0 unspecified atom stereocenters. The van der Waals surface area contributed by atoms with Gasteiger partial charge in [-0.15, -0.1) is 0 Å². The topological polar surface area (TPSA) is 92.3 Å². The van der Waals surface area contributed by atoms with E-state index in [1.807, 2.05) is 36.4 Å². The predicted octanol–water partition coefficient (Wildman–Crippen LogP) is 6.51. The molecule has 0 N–H and O–H groups in total. The van der Waals surface area contributed by atoms with Gasteiger partial charge in [0.05, 0.1) is 114 Å². The number of ether oxygens (including phenoxy) is 10. The van der Waals surface area contributed by atoms with Crippen LogP contribution in [0.4, 0.5) is 0 Å². The minimum Gasteiger partial charge on any atom is -0.491 e. The van der Waals surface area contributed by atoms with Crippen LogP contribution in [0.1, 0.15) is 0 Å². The van der Waals surface area contributed by atoms with E-state index in [-0.39, 0.29) is 0 Å². The molecule has 0 saturated carbocycles. The van der Waals surface area contributed by atoms with Crippen molar-refractivity contribution >= 4 is 57.8 Å². The van der Waals surface area contributed by atoms with Crippen LogP contribution in [0.3, 0.4) is 0 Å². The van der Waals surface area contributed by atoms with Gasteiger partial charge in [-0.05, 0) is 22.9 Å². The quantitative estimate of drug-likeness (QED) is 0.294. The highest BCUT2D eigenvalue weighted by Crippen LogP contribution is 2.55. The molecule has 0 radical (unpaired) electrons. The van der Waals surface area contributed by atoms with Crippen LogP contribution in [0.15, 0.2) is 65.5 Å². The van der Waals surface area contributed by atoms with E-state index in [4.69, 9.17) is 47.4 Å².